The number of aryl methyl sites for hydroxylation is 2. The lowest BCUT2D eigenvalue weighted by Crippen LogP contribution is -2.14. The number of hydrogen-bond donors (Lipinski definition) is 5. The van der Waals surface area contributed by atoms with Crippen LogP contribution in [0.25, 0.3) is 21.9 Å². The lowest BCUT2D eigenvalue weighted by Gasteiger charge is -2.14. The molecule has 13 nitrogen and oxygen atoms in total. The second-order valence-electron chi connectivity index (χ2n) is 12.1. The number of phenolic OH excluding ortho intramolecular Hbond substituents is 1. The minimum Gasteiger partial charge on any atom is -0.507 e. The van der Waals surface area contributed by atoms with Crippen molar-refractivity contribution in [2.45, 2.75) is 81.9 Å². The standard InChI is InChI=1S/C35H42N4O9S2/c1-4-5-6-7-8-9-10-11-16-48-35(41)37-25-13-14-27(22(2)17-25)28-21-32(50(45,46)47)30(18-23(28)3)38-39-34-29(36)15-12-24-19-26(49(42,43)44)20-31(40)33(24)34/h12-15,17-21,40H,4-11,16,36H2,1-3H3,(H,37,41)(H,42,43,44)(H,45,46,47). The van der Waals surface area contributed by atoms with E-state index in [9.17, 15) is 35.8 Å². The van der Waals surface area contributed by atoms with Crippen LogP contribution in [0.3, 0.4) is 0 Å². The SMILES string of the molecule is CCCCCCCCCCOC(=O)Nc1ccc(-c2cc(S(=O)(=O)O)c(N=Nc3c(N)ccc4cc(S(=O)(=O)O)cc(O)c34)cc2C)c(C)c1. The number of azo groups is 1. The monoisotopic (exact) mass is 726 g/mol. The first-order chi connectivity index (χ1) is 23.6. The molecule has 0 bridgehead atoms. The summed E-state index contributed by atoms with van der Waals surface area (Å²) in [5.41, 5.74) is 8.65. The highest BCUT2D eigenvalue weighted by atomic mass is 32.2. The van der Waals surface area contributed by atoms with Crippen LogP contribution in [0, 0.1) is 13.8 Å². The number of nitrogens with one attached hydrogen (secondary N) is 1. The molecular weight excluding hydrogens is 685 g/mol. The van der Waals surface area contributed by atoms with Gasteiger partial charge in [-0.05, 0) is 84.3 Å². The number of amides is 1. The van der Waals surface area contributed by atoms with Crippen molar-refractivity contribution >= 4 is 59.9 Å². The van der Waals surface area contributed by atoms with Crippen molar-refractivity contribution in [3.8, 4) is 16.9 Å². The highest BCUT2D eigenvalue weighted by molar-refractivity contribution is 7.86. The van der Waals surface area contributed by atoms with E-state index < -0.39 is 41.9 Å². The van der Waals surface area contributed by atoms with Gasteiger partial charge in [-0.2, -0.15) is 16.8 Å². The molecule has 0 unspecified atom stereocenters. The van der Waals surface area contributed by atoms with Crippen molar-refractivity contribution in [1.29, 1.82) is 0 Å². The molecule has 0 fully saturated rings. The van der Waals surface area contributed by atoms with Gasteiger partial charge in [-0.1, -0.05) is 64.0 Å². The van der Waals surface area contributed by atoms with Crippen LogP contribution >= 0.6 is 0 Å². The van der Waals surface area contributed by atoms with Crippen LogP contribution in [-0.4, -0.2) is 43.7 Å². The summed E-state index contributed by atoms with van der Waals surface area (Å²) in [6.45, 7) is 6.01. The highest BCUT2D eigenvalue weighted by Gasteiger charge is 2.21. The number of phenols is 1. The van der Waals surface area contributed by atoms with Crippen molar-refractivity contribution in [3.63, 3.8) is 0 Å². The van der Waals surface area contributed by atoms with Gasteiger partial charge in [0.15, 0.2) is 0 Å². The number of nitrogens with two attached hydrogens (primary N) is 1. The molecule has 1 amide bonds. The first-order valence-electron chi connectivity index (χ1n) is 16.2. The highest BCUT2D eigenvalue weighted by Crippen LogP contribution is 2.42. The number of aromatic hydroxyl groups is 1. The molecule has 0 heterocycles. The summed E-state index contributed by atoms with van der Waals surface area (Å²) < 4.78 is 73.2. The summed E-state index contributed by atoms with van der Waals surface area (Å²) in [6, 6.07) is 12.5. The Balaban J connectivity index is 1.54. The zero-order valence-electron chi connectivity index (χ0n) is 28.1. The Labute approximate surface area is 292 Å². The topological polar surface area (TPSA) is 218 Å². The number of hydrogen-bond acceptors (Lipinski definition) is 10. The van der Waals surface area contributed by atoms with Crippen LogP contribution in [0.2, 0.25) is 0 Å². The molecule has 4 aromatic rings. The van der Waals surface area contributed by atoms with E-state index in [1.807, 2.05) is 0 Å². The van der Waals surface area contributed by atoms with E-state index in [-0.39, 0.29) is 27.8 Å². The number of anilines is 2. The summed E-state index contributed by atoms with van der Waals surface area (Å²) in [5, 5.41) is 21.6. The lowest BCUT2D eigenvalue weighted by molar-refractivity contribution is 0.159. The number of benzene rings is 4. The lowest BCUT2D eigenvalue weighted by atomic mass is 9.96. The maximum atomic E-state index is 12.5. The van der Waals surface area contributed by atoms with E-state index in [0.29, 0.717) is 34.5 Å². The molecule has 4 aromatic carbocycles. The average molecular weight is 727 g/mol. The molecule has 50 heavy (non-hydrogen) atoms. The van der Waals surface area contributed by atoms with Crippen LogP contribution in [0.5, 0.6) is 5.75 Å². The number of carbonyl (C=O) groups excluding carboxylic acids is 1. The van der Waals surface area contributed by atoms with Gasteiger partial charge in [-0.3, -0.25) is 14.4 Å². The van der Waals surface area contributed by atoms with Crippen molar-refractivity contribution in [1.82, 2.24) is 0 Å². The van der Waals surface area contributed by atoms with Crippen LogP contribution in [0.1, 0.15) is 69.4 Å². The Morgan fingerprint density at radius 3 is 2.10 bits per heavy atom. The maximum absolute atomic E-state index is 12.5. The minimum absolute atomic E-state index is 0.00395. The molecule has 4 rings (SSSR count). The van der Waals surface area contributed by atoms with Crippen LogP contribution in [0.15, 0.2) is 74.6 Å². The summed E-state index contributed by atoms with van der Waals surface area (Å²) in [4.78, 5) is 11.3. The fraction of sp³-hybridized carbons (Fsp3) is 0.343. The zero-order chi connectivity index (χ0) is 36.6. The third-order valence-electron chi connectivity index (χ3n) is 8.21. The van der Waals surface area contributed by atoms with E-state index in [1.165, 1.54) is 56.4 Å². The van der Waals surface area contributed by atoms with E-state index in [2.05, 4.69) is 22.5 Å². The zero-order valence-corrected chi connectivity index (χ0v) is 29.8. The summed E-state index contributed by atoms with van der Waals surface area (Å²) in [6.07, 6.45) is 8.50. The third kappa shape index (κ3) is 9.78. The Hall–Kier alpha value is -4.57. The molecule has 0 saturated heterocycles. The maximum Gasteiger partial charge on any atom is 0.411 e. The Bertz CT molecular complexity index is 2130. The predicted molar refractivity (Wildman–Crippen MR) is 193 cm³/mol. The minimum atomic E-state index is -4.83. The van der Waals surface area contributed by atoms with Gasteiger partial charge in [0.25, 0.3) is 20.2 Å². The van der Waals surface area contributed by atoms with Gasteiger partial charge in [0.2, 0.25) is 0 Å². The van der Waals surface area contributed by atoms with Crippen molar-refractivity contribution in [2.75, 3.05) is 17.7 Å². The Morgan fingerprint density at radius 2 is 1.46 bits per heavy atom. The number of rotatable bonds is 15. The third-order valence-corrected chi connectivity index (χ3v) is 9.92. The number of nitrogen functional groups attached to an aromatic ring is 1. The second kappa shape index (κ2) is 16.4. The smallest absolute Gasteiger partial charge is 0.411 e. The van der Waals surface area contributed by atoms with Gasteiger partial charge in [0.05, 0.1) is 22.6 Å². The van der Waals surface area contributed by atoms with Crippen molar-refractivity contribution in [3.05, 3.63) is 65.7 Å². The largest absolute Gasteiger partial charge is 0.507 e. The van der Waals surface area contributed by atoms with Gasteiger partial charge in [0.1, 0.15) is 22.0 Å². The molecule has 0 atom stereocenters. The van der Waals surface area contributed by atoms with Crippen LogP contribution < -0.4 is 11.1 Å². The normalized spacial score (nSPS) is 12.1. The molecule has 0 aliphatic rings. The molecule has 0 aromatic heterocycles. The first-order valence-corrected chi connectivity index (χ1v) is 19.1. The molecule has 0 aliphatic heterocycles. The van der Waals surface area contributed by atoms with E-state index >= 15 is 0 Å². The fourth-order valence-electron chi connectivity index (χ4n) is 5.62. The molecule has 0 saturated carbocycles. The summed E-state index contributed by atoms with van der Waals surface area (Å²) >= 11 is 0. The first kappa shape index (κ1) is 38.2. The molecule has 15 heteroatoms. The van der Waals surface area contributed by atoms with Gasteiger partial charge in [-0.15, -0.1) is 10.2 Å². The van der Waals surface area contributed by atoms with E-state index in [0.717, 1.165) is 31.4 Å². The second-order valence-corrected chi connectivity index (χ2v) is 14.9. The van der Waals surface area contributed by atoms with Gasteiger partial charge < -0.3 is 15.6 Å². The quantitative estimate of drug-likeness (QED) is 0.0339. The van der Waals surface area contributed by atoms with Crippen molar-refractivity contribution in [2.24, 2.45) is 10.2 Å². The predicted octanol–water partition coefficient (Wildman–Crippen LogP) is 9.01. The number of nitrogens with zero attached hydrogens (tertiary/aromatic N) is 2. The Kier molecular flexibility index (Phi) is 12.6. The molecule has 6 N–H and O–H groups in total. The van der Waals surface area contributed by atoms with Crippen LogP contribution in [-0.2, 0) is 25.0 Å². The van der Waals surface area contributed by atoms with Crippen LogP contribution in [0.4, 0.5) is 27.5 Å². The molecule has 0 radical (unpaired) electrons. The number of carbonyl (C=O) groups is 1. The molecule has 0 aliphatic carbocycles. The number of ether oxygens (including phenoxy) is 1. The number of fused-ring (bicyclic) bond motifs is 1. The fourth-order valence-corrected chi connectivity index (χ4v) is 6.79. The summed E-state index contributed by atoms with van der Waals surface area (Å²) in [7, 11) is -9.46. The van der Waals surface area contributed by atoms with Gasteiger partial charge in [-0.25, -0.2) is 4.79 Å². The van der Waals surface area contributed by atoms with Gasteiger partial charge in [0, 0.05) is 11.8 Å². The molecule has 0 spiro atoms. The average Bonchev–Trinajstić information content (AvgIpc) is 3.03. The summed E-state index contributed by atoms with van der Waals surface area (Å²) in [5.74, 6) is -0.567. The van der Waals surface area contributed by atoms with E-state index in [1.54, 1.807) is 32.0 Å². The van der Waals surface area contributed by atoms with E-state index in [4.69, 9.17) is 10.5 Å². The van der Waals surface area contributed by atoms with Crippen molar-refractivity contribution < 1.29 is 40.6 Å². The number of unbranched alkanes of at least 4 members (excludes halogenated alkanes) is 7. The Morgan fingerprint density at radius 1 is 0.800 bits per heavy atom. The van der Waals surface area contributed by atoms with Gasteiger partial charge >= 0.3 is 6.09 Å². The molecule has 268 valence electrons. The molecular formula is C35H42N4O9S2.